The molecule has 1 atom stereocenters. The molecule has 1 fully saturated rings. The molecule has 0 aliphatic carbocycles. The molecule has 1 aromatic carbocycles. The van der Waals surface area contributed by atoms with E-state index < -0.39 is 5.54 Å². The van der Waals surface area contributed by atoms with Gasteiger partial charge in [0.05, 0.1) is 12.1 Å². The van der Waals surface area contributed by atoms with Crippen molar-refractivity contribution >= 4 is 11.5 Å². The van der Waals surface area contributed by atoms with E-state index in [1.165, 1.54) is 0 Å². The molecule has 4 nitrogen and oxygen atoms in total. The van der Waals surface area contributed by atoms with Crippen LogP contribution in [-0.2, 0) is 0 Å². The van der Waals surface area contributed by atoms with Gasteiger partial charge in [0.1, 0.15) is 0 Å². The number of nitrogens with zero attached hydrogens (tertiary/aromatic N) is 1. The number of hydrogen-bond donors (Lipinski definition) is 2. The van der Waals surface area contributed by atoms with Gasteiger partial charge in [-0.2, -0.15) is 0 Å². The third-order valence-electron chi connectivity index (χ3n) is 3.32. The average Bonchev–Trinajstić information content (AvgIpc) is 2.73. The van der Waals surface area contributed by atoms with Gasteiger partial charge in [-0.05, 0) is 25.5 Å². The third kappa shape index (κ3) is 2.48. The summed E-state index contributed by atoms with van der Waals surface area (Å²) in [6.45, 7) is 3.00. The largest absolute Gasteiger partial charge is 0.394 e. The first kappa shape index (κ1) is 12.1. The molecule has 0 amide bonds. The number of anilines is 1. The molecule has 0 saturated carbocycles. The highest BCUT2D eigenvalue weighted by Crippen LogP contribution is 2.25. The average molecular weight is 234 g/mol. The molecule has 1 aromatic rings. The van der Waals surface area contributed by atoms with Crippen molar-refractivity contribution in [2.75, 3.05) is 24.6 Å². The van der Waals surface area contributed by atoms with Crippen molar-refractivity contribution in [3.05, 3.63) is 29.8 Å². The van der Waals surface area contributed by atoms with E-state index in [0.717, 1.165) is 18.7 Å². The van der Waals surface area contributed by atoms with Crippen LogP contribution in [0, 0.1) is 0 Å². The van der Waals surface area contributed by atoms with Crippen molar-refractivity contribution < 1.29 is 9.90 Å². The zero-order valence-corrected chi connectivity index (χ0v) is 10.0. The Labute approximate surface area is 101 Å². The lowest BCUT2D eigenvalue weighted by molar-refractivity contribution is 0.101. The lowest BCUT2D eigenvalue weighted by atomic mass is 10.0. The van der Waals surface area contributed by atoms with Crippen LogP contribution in [0.25, 0.3) is 0 Å². The summed E-state index contributed by atoms with van der Waals surface area (Å²) >= 11 is 0. The van der Waals surface area contributed by atoms with Crippen LogP contribution in [-0.4, -0.2) is 36.1 Å². The number of Topliss-reactive ketones (excluding diaryl/α,β-unsaturated/α-hetero) is 1. The molecule has 1 aliphatic heterocycles. The molecule has 0 bridgehead atoms. The number of carbonyl (C=O) groups excluding carboxylic acids is 1. The zero-order chi connectivity index (χ0) is 12.5. The van der Waals surface area contributed by atoms with Gasteiger partial charge in [0.15, 0.2) is 5.78 Å². The number of carbonyl (C=O) groups is 1. The Kier molecular flexibility index (Phi) is 3.17. The lowest BCUT2D eigenvalue weighted by Gasteiger charge is -2.23. The van der Waals surface area contributed by atoms with Gasteiger partial charge in [-0.25, -0.2) is 0 Å². The second kappa shape index (κ2) is 4.47. The lowest BCUT2D eigenvalue weighted by Crippen LogP contribution is -2.46. The van der Waals surface area contributed by atoms with Gasteiger partial charge < -0.3 is 15.7 Å². The monoisotopic (exact) mass is 234 g/mol. The van der Waals surface area contributed by atoms with Gasteiger partial charge in [0.25, 0.3) is 0 Å². The standard InChI is InChI=1S/C13H18N2O2/c1-10(17)11-3-2-4-12(7-11)15-6-5-13(14,8-15)9-16/h2-4,7,16H,5-6,8-9,14H2,1H3. The van der Waals surface area contributed by atoms with Crippen molar-refractivity contribution in [3.8, 4) is 0 Å². The summed E-state index contributed by atoms with van der Waals surface area (Å²) in [5.41, 5.74) is 7.23. The van der Waals surface area contributed by atoms with Crippen molar-refractivity contribution in [3.63, 3.8) is 0 Å². The van der Waals surface area contributed by atoms with E-state index in [-0.39, 0.29) is 12.4 Å². The van der Waals surface area contributed by atoms with E-state index >= 15 is 0 Å². The molecule has 0 spiro atoms. The summed E-state index contributed by atoms with van der Waals surface area (Å²) in [5, 5.41) is 9.23. The van der Waals surface area contributed by atoms with Crippen LogP contribution < -0.4 is 10.6 Å². The first-order chi connectivity index (χ1) is 8.04. The Morgan fingerprint density at radius 1 is 1.59 bits per heavy atom. The van der Waals surface area contributed by atoms with Crippen molar-refractivity contribution in [2.24, 2.45) is 5.73 Å². The molecular weight excluding hydrogens is 216 g/mol. The topological polar surface area (TPSA) is 66.6 Å². The number of ketones is 1. The fourth-order valence-electron chi connectivity index (χ4n) is 2.17. The van der Waals surface area contributed by atoms with Crippen molar-refractivity contribution in [1.82, 2.24) is 0 Å². The fraction of sp³-hybridized carbons (Fsp3) is 0.462. The smallest absolute Gasteiger partial charge is 0.159 e. The normalized spacial score (nSPS) is 24.1. The molecule has 1 saturated heterocycles. The number of hydrogen-bond acceptors (Lipinski definition) is 4. The highest BCUT2D eigenvalue weighted by atomic mass is 16.3. The molecular formula is C13H18N2O2. The summed E-state index contributed by atoms with van der Waals surface area (Å²) in [5.74, 6) is 0.0622. The Morgan fingerprint density at radius 2 is 2.35 bits per heavy atom. The first-order valence-corrected chi connectivity index (χ1v) is 5.80. The summed E-state index contributed by atoms with van der Waals surface area (Å²) in [7, 11) is 0. The van der Waals surface area contributed by atoms with Gasteiger partial charge >= 0.3 is 0 Å². The Hall–Kier alpha value is -1.39. The predicted molar refractivity (Wildman–Crippen MR) is 67.3 cm³/mol. The fourth-order valence-corrected chi connectivity index (χ4v) is 2.17. The molecule has 1 aliphatic rings. The van der Waals surface area contributed by atoms with Crippen molar-refractivity contribution in [2.45, 2.75) is 18.9 Å². The maximum atomic E-state index is 11.3. The second-order valence-electron chi connectivity index (χ2n) is 4.80. The van der Waals surface area contributed by atoms with E-state index in [0.29, 0.717) is 12.1 Å². The highest BCUT2D eigenvalue weighted by Gasteiger charge is 2.33. The number of aliphatic hydroxyl groups excluding tert-OH is 1. The predicted octanol–water partition coefficient (Wildman–Crippen LogP) is 0.789. The van der Waals surface area contributed by atoms with Crippen LogP contribution in [0.2, 0.25) is 0 Å². The highest BCUT2D eigenvalue weighted by molar-refractivity contribution is 5.95. The number of nitrogens with two attached hydrogens (primary N) is 1. The van der Waals surface area contributed by atoms with Crippen molar-refractivity contribution in [1.29, 1.82) is 0 Å². The maximum absolute atomic E-state index is 11.3. The molecule has 4 heteroatoms. The van der Waals surface area contributed by atoms with E-state index in [9.17, 15) is 9.90 Å². The van der Waals surface area contributed by atoms with Gasteiger partial charge in [0.2, 0.25) is 0 Å². The van der Waals surface area contributed by atoms with Gasteiger partial charge in [-0.1, -0.05) is 12.1 Å². The van der Waals surface area contributed by atoms with E-state index in [4.69, 9.17) is 5.73 Å². The number of aliphatic hydroxyl groups is 1. The van der Waals surface area contributed by atoms with E-state index in [1.54, 1.807) is 6.92 Å². The molecule has 2 rings (SSSR count). The molecule has 92 valence electrons. The maximum Gasteiger partial charge on any atom is 0.159 e. The summed E-state index contributed by atoms with van der Waals surface area (Å²) in [6.07, 6.45) is 0.772. The van der Waals surface area contributed by atoms with Gasteiger partial charge in [-0.15, -0.1) is 0 Å². The first-order valence-electron chi connectivity index (χ1n) is 5.80. The second-order valence-corrected chi connectivity index (χ2v) is 4.80. The minimum atomic E-state index is -0.508. The Bertz CT molecular complexity index is 433. The van der Waals surface area contributed by atoms with Crippen LogP contribution >= 0.6 is 0 Å². The number of rotatable bonds is 3. The zero-order valence-electron chi connectivity index (χ0n) is 10.0. The summed E-state index contributed by atoms with van der Waals surface area (Å²) in [6, 6.07) is 7.53. The van der Waals surface area contributed by atoms with E-state index in [1.807, 2.05) is 24.3 Å². The van der Waals surface area contributed by atoms with Crippen LogP contribution in [0.3, 0.4) is 0 Å². The molecule has 0 aromatic heterocycles. The molecule has 1 heterocycles. The van der Waals surface area contributed by atoms with Crippen LogP contribution in [0.1, 0.15) is 23.7 Å². The third-order valence-corrected chi connectivity index (χ3v) is 3.32. The Balaban J connectivity index is 2.19. The van der Waals surface area contributed by atoms with E-state index in [2.05, 4.69) is 4.90 Å². The Morgan fingerprint density at radius 3 is 2.94 bits per heavy atom. The van der Waals surface area contributed by atoms with Gasteiger partial charge in [-0.3, -0.25) is 4.79 Å². The molecule has 0 radical (unpaired) electrons. The SMILES string of the molecule is CC(=O)c1cccc(N2CCC(N)(CO)C2)c1. The van der Waals surface area contributed by atoms with Crippen LogP contribution in [0.15, 0.2) is 24.3 Å². The summed E-state index contributed by atoms with van der Waals surface area (Å²) < 4.78 is 0. The number of benzene rings is 1. The van der Waals surface area contributed by atoms with Crippen LogP contribution in [0.5, 0.6) is 0 Å². The van der Waals surface area contributed by atoms with Crippen LogP contribution in [0.4, 0.5) is 5.69 Å². The summed E-state index contributed by atoms with van der Waals surface area (Å²) in [4.78, 5) is 13.4. The molecule has 3 N–H and O–H groups in total. The van der Waals surface area contributed by atoms with Gasteiger partial charge in [0, 0.05) is 24.3 Å². The quantitative estimate of drug-likeness (QED) is 0.759. The minimum Gasteiger partial charge on any atom is -0.394 e. The molecule has 17 heavy (non-hydrogen) atoms. The minimum absolute atomic E-state index is 0.00407. The molecule has 1 unspecified atom stereocenters.